The summed E-state index contributed by atoms with van der Waals surface area (Å²) in [7, 11) is 1.55. The van der Waals surface area contributed by atoms with Gasteiger partial charge in [-0.2, -0.15) is 0 Å². The second-order valence-electron chi connectivity index (χ2n) is 4.59. The van der Waals surface area contributed by atoms with Gasteiger partial charge in [0.2, 0.25) is 0 Å². The molecule has 0 saturated carbocycles. The van der Waals surface area contributed by atoms with Gasteiger partial charge >= 0.3 is 0 Å². The van der Waals surface area contributed by atoms with Gasteiger partial charge in [0.25, 0.3) is 0 Å². The Balaban J connectivity index is 2.29. The van der Waals surface area contributed by atoms with Crippen molar-refractivity contribution in [3.8, 4) is 0 Å². The zero-order chi connectivity index (χ0) is 15.6. The fraction of sp³-hybridized carbons (Fsp3) is 0.200. The van der Waals surface area contributed by atoms with Gasteiger partial charge in [0.1, 0.15) is 0 Å². The third-order valence-corrected chi connectivity index (χ3v) is 3.18. The normalized spacial score (nSPS) is 12.5. The van der Waals surface area contributed by atoms with Gasteiger partial charge in [-0.05, 0) is 48.9 Å². The minimum Gasteiger partial charge on any atom is -0.313 e. The predicted octanol–water partition coefficient (Wildman–Crippen LogP) is 3.89. The summed E-state index contributed by atoms with van der Waals surface area (Å²) in [5, 5.41) is 2.80. The molecule has 0 spiro atoms. The van der Waals surface area contributed by atoms with Gasteiger partial charge in [0.15, 0.2) is 29.1 Å². The zero-order valence-corrected chi connectivity index (χ0v) is 11.1. The Morgan fingerprint density at radius 2 is 1.48 bits per heavy atom. The average Bonchev–Trinajstić information content (AvgIpc) is 2.45. The topological polar surface area (TPSA) is 12.0 Å². The number of halogens is 5. The third-order valence-electron chi connectivity index (χ3n) is 3.18. The first kappa shape index (κ1) is 15.4. The Hall–Kier alpha value is -1.95. The van der Waals surface area contributed by atoms with Gasteiger partial charge in [0.05, 0.1) is 0 Å². The maximum atomic E-state index is 13.2. The summed E-state index contributed by atoms with van der Waals surface area (Å²) < 4.78 is 65.4. The molecular formula is C15H12F5N. The van der Waals surface area contributed by atoms with E-state index in [1.807, 2.05) is 0 Å². The van der Waals surface area contributed by atoms with E-state index in [1.165, 1.54) is 6.07 Å². The molecule has 0 aliphatic rings. The molecule has 1 N–H and O–H groups in total. The van der Waals surface area contributed by atoms with E-state index in [9.17, 15) is 22.0 Å². The van der Waals surface area contributed by atoms with Crippen molar-refractivity contribution in [2.45, 2.75) is 12.5 Å². The van der Waals surface area contributed by atoms with E-state index in [0.717, 1.165) is 24.3 Å². The van der Waals surface area contributed by atoms with Crippen LogP contribution in [-0.2, 0) is 6.42 Å². The number of rotatable bonds is 4. The van der Waals surface area contributed by atoms with Crippen LogP contribution in [0.3, 0.4) is 0 Å². The quantitative estimate of drug-likeness (QED) is 0.667. The van der Waals surface area contributed by atoms with Gasteiger partial charge in [0, 0.05) is 6.04 Å². The van der Waals surface area contributed by atoms with Crippen molar-refractivity contribution in [2.75, 3.05) is 7.05 Å². The summed E-state index contributed by atoms with van der Waals surface area (Å²) in [6, 6.07) is 4.54. The van der Waals surface area contributed by atoms with Crippen LogP contribution in [0.4, 0.5) is 22.0 Å². The Morgan fingerprint density at radius 3 is 2.00 bits per heavy atom. The molecular weight excluding hydrogens is 289 g/mol. The van der Waals surface area contributed by atoms with Gasteiger partial charge in [-0.3, -0.25) is 0 Å². The zero-order valence-electron chi connectivity index (χ0n) is 11.1. The summed E-state index contributed by atoms with van der Waals surface area (Å²) in [6.07, 6.45) is 0.165. The van der Waals surface area contributed by atoms with Crippen LogP contribution in [0.15, 0.2) is 30.3 Å². The second kappa shape index (κ2) is 6.22. The van der Waals surface area contributed by atoms with Crippen molar-refractivity contribution < 1.29 is 22.0 Å². The third kappa shape index (κ3) is 3.39. The lowest BCUT2D eigenvalue weighted by atomic mass is 9.98. The fourth-order valence-electron chi connectivity index (χ4n) is 2.07. The highest BCUT2D eigenvalue weighted by atomic mass is 19.2. The van der Waals surface area contributed by atoms with Crippen molar-refractivity contribution in [3.05, 3.63) is 70.5 Å². The van der Waals surface area contributed by atoms with Crippen LogP contribution in [0.2, 0.25) is 0 Å². The molecule has 0 radical (unpaired) electrons. The van der Waals surface area contributed by atoms with Crippen LogP contribution >= 0.6 is 0 Å². The first-order valence-corrected chi connectivity index (χ1v) is 6.18. The molecule has 0 bridgehead atoms. The number of benzene rings is 2. The SMILES string of the molecule is CNC(Cc1ccc(F)c(F)c1)c1cc(F)c(F)c(F)c1. The molecule has 2 aromatic carbocycles. The number of nitrogens with one attached hydrogen (secondary N) is 1. The fourth-order valence-corrected chi connectivity index (χ4v) is 2.07. The van der Waals surface area contributed by atoms with Crippen LogP contribution in [0.1, 0.15) is 17.2 Å². The lowest BCUT2D eigenvalue weighted by molar-refractivity contribution is 0.441. The summed E-state index contributed by atoms with van der Waals surface area (Å²) in [6.45, 7) is 0. The minimum absolute atomic E-state index is 0.165. The van der Waals surface area contributed by atoms with E-state index in [-0.39, 0.29) is 12.0 Å². The molecule has 0 aliphatic carbocycles. The van der Waals surface area contributed by atoms with Gasteiger partial charge in [-0.25, -0.2) is 22.0 Å². The highest BCUT2D eigenvalue weighted by Crippen LogP contribution is 2.23. The largest absolute Gasteiger partial charge is 0.313 e. The maximum Gasteiger partial charge on any atom is 0.194 e. The Morgan fingerprint density at radius 1 is 0.857 bits per heavy atom. The molecule has 21 heavy (non-hydrogen) atoms. The van der Waals surface area contributed by atoms with Gasteiger partial charge in [-0.1, -0.05) is 6.07 Å². The van der Waals surface area contributed by atoms with E-state index in [1.54, 1.807) is 7.05 Å². The van der Waals surface area contributed by atoms with E-state index < -0.39 is 35.1 Å². The first-order chi connectivity index (χ1) is 9.92. The Kier molecular flexibility index (Phi) is 4.57. The molecule has 0 fully saturated rings. The van der Waals surface area contributed by atoms with Gasteiger partial charge in [-0.15, -0.1) is 0 Å². The minimum atomic E-state index is -1.54. The number of hydrogen-bond acceptors (Lipinski definition) is 1. The Bertz CT molecular complexity index is 634. The van der Waals surface area contributed by atoms with Crippen molar-refractivity contribution >= 4 is 0 Å². The van der Waals surface area contributed by atoms with Crippen molar-refractivity contribution in [1.29, 1.82) is 0 Å². The highest BCUT2D eigenvalue weighted by molar-refractivity contribution is 5.26. The molecule has 0 saturated heterocycles. The van der Waals surface area contributed by atoms with E-state index in [0.29, 0.717) is 5.56 Å². The van der Waals surface area contributed by atoms with Crippen molar-refractivity contribution in [1.82, 2.24) is 5.32 Å². The van der Waals surface area contributed by atoms with Crippen molar-refractivity contribution in [3.63, 3.8) is 0 Å². The highest BCUT2D eigenvalue weighted by Gasteiger charge is 2.17. The molecule has 6 heteroatoms. The van der Waals surface area contributed by atoms with Crippen molar-refractivity contribution in [2.24, 2.45) is 0 Å². The van der Waals surface area contributed by atoms with Crippen LogP contribution in [-0.4, -0.2) is 7.05 Å². The maximum absolute atomic E-state index is 13.2. The van der Waals surface area contributed by atoms with Crippen LogP contribution < -0.4 is 5.32 Å². The van der Waals surface area contributed by atoms with E-state index in [4.69, 9.17) is 0 Å². The molecule has 1 nitrogen and oxygen atoms in total. The number of likely N-dealkylation sites (N-methyl/N-ethyl adjacent to an activating group) is 1. The molecule has 0 aliphatic heterocycles. The van der Waals surface area contributed by atoms with Crippen LogP contribution in [0.25, 0.3) is 0 Å². The second-order valence-corrected chi connectivity index (χ2v) is 4.59. The van der Waals surface area contributed by atoms with E-state index in [2.05, 4.69) is 5.32 Å². The van der Waals surface area contributed by atoms with Crippen LogP contribution in [0, 0.1) is 29.1 Å². The molecule has 112 valence electrons. The standard InChI is InChI=1S/C15H12F5N/c1-21-14(5-8-2-3-10(16)11(17)4-8)9-6-12(18)15(20)13(19)7-9/h2-4,6-7,14,21H,5H2,1H3. The summed E-state index contributed by atoms with van der Waals surface area (Å²) in [4.78, 5) is 0. The predicted molar refractivity (Wildman–Crippen MR) is 68.2 cm³/mol. The monoisotopic (exact) mass is 301 g/mol. The summed E-state index contributed by atoms with van der Waals surface area (Å²) >= 11 is 0. The molecule has 2 rings (SSSR count). The average molecular weight is 301 g/mol. The molecule has 0 amide bonds. The van der Waals surface area contributed by atoms with E-state index >= 15 is 0 Å². The first-order valence-electron chi connectivity index (χ1n) is 6.18. The lowest BCUT2D eigenvalue weighted by Crippen LogP contribution is -2.19. The summed E-state index contributed by atoms with van der Waals surface area (Å²) in [5.74, 6) is -6.11. The van der Waals surface area contributed by atoms with Gasteiger partial charge < -0.3 is 5.32 Å². The molecule has 1 unspecified atom stereocenters. The van der Waals surface area contributed by atoms with Crippen LogP contribution in [0.5, 0.6) is 0 Å². The number of hydrogen-bond donors (Lipinski definition) is 1. The lowest BCUT2D eigenvalue weighted by Gasteiger charge is -2.17. The Labute approximate surface area is 118 Å². The molecule has 2 aromatic rings. The molecule has 0 aromatic heterocycles. The molecule has 0 heterocycles. The summed E-state index contributed by atoms with van der Waals surface area (Å²) in [5.41, 5.74) is 0.622. The molecule has 1 atom stereocenters. The smallest absolute Gasteiger partial charge is 0.194 e.